The first-order chi connectivity index (χ1) is 7.68. The monoisotopic (exact) mass is 223 g/mol. The summed E-state index contributed by atoms with van der Waals surface area (Å²) in [5, 5.41) is 7.49. The number of nitrogens with zero attached hydrogens (tertiary/aromatic N) is 2. The van der Waals surface area contributed by atoms with Crippen molar-refractivity contribution in [3.05, 3.63) is 11.7 Å². The third kappa shape index (κ3) is 2.43. The maximum atomic E-state index is 5.35. The molecule has 2 rings (SSSR count). The van der Waals surface area contributed by atoms with Gasteiger partial charge < -0.3 is 9.84 Å². The number of piperidine rings is 1. The lowest BCUT2D eigenvalue weighted by Crippen LogP contribution is -2.28. The molecule has 90 valence electrons. The smallest absolute Gasteiger partial charge is 0.229 e. The molecule has 1 fully saturated rings. The fourth-order valence-corrected chi connectivity index (χ4v) is 1.96. The molecule has 1 N–H and O–H groups in total. The van der Waals surface area contributed by atoms with Crippen LogP contribution in [0.15, 0.2) is 4.52 Å². The molecule has 1 aromatic heterocycles. The fraction of sp³-hybridized carbons (Fsp3) is 0.833. The Morgan fingerprint density at radius 1 is 1.38 bits per heavy atom. The van der Waals surface area contributed by atoms with Crippen LogP contribution in [0.2, 0.25) is 0 Å². The highest BCUT2D eigenvalue weighted by atomic mass is 16.5. The molecule has 0 saturated carbocycles. The Hall–Kier alpha value is -0.900. The molecule has 1 aliphatic heterocycles. The van der Waals surface area contributed by atoms with Crippen LogP contribution in [0.3, 0.4) is 0 Å². The van der Waals surface area contributed by atoms with E-state index < -0.39 is 0 Å². The predicted molar refractivity (Wildman–Crippen MR) is 62.4 cm³/mol. The van der Waals surface area contributed by atoms with E-state index in [-0.39, 0.29) is 0 Å². The Bertz CT molecular complexity index is 329. The van der Waals surface area contributed by atoms with Gasteiger partial charge in [-0.15, -0.1) is 0 Å². The van der Waals surface area contributed by atoms with Crippen molar-refractivity contribution in [2.45, 2.75) is 45.4 Å². The third-order valence-corrected chi connectivity index (χ3v) is 3.51. The SMILES string of the molecule is CC(C)C(C)c1nc(C2CCCNC2)no1. The summed E-state index contributed by atoms with van der Waals surface area (Å²) in [4.78, 5) is 4.54. The standard InChI is InChI=1S/C12H21N3O/c1-8(2)9(3)12-14-11(15-16-12)10-5-4-6-13-7-10/h8-10,13H,4-7H2,1-3H3. The molecule has 1 aliphatic rings. The average molecular weight is 223 g/mol. The van der Waals surface area contributed by atoms with Crippen LogP contribution in [0.4, 0.5) is 0 Å². The van der Waals surface area contributed by atoms with Gasteiger partial charge in [-0.05, 0) is 25.3 Å². The number of hydrogen-bond donors (Lipinski definition) is 1. The maximum Gasteiger partial charge on any atom is 0.229 e. The quantitative estimate of drug-likeness (QED) is 0.854. The molecule has 0 amide bonds. The van der Waals surface area contributed by atoms with E-state index in [1.807, 2.05) is 0 Å². The maximum absolute atomic E-state index is 5.35. The van der Waals surface area contributed by atoms with Crippen LogP contribution in [-0.2, 0) is 0 Å². The summed E-state index contributed by atoms with van der Waals surface area (Å²) < 4.78 is 5.35. The third-order valence-electron chi connectivity index (χ3n) is 3.51. The van der Waals surface area contributed by atoms with E-state index in [0.29, 0.717) is 17.8 Å². The van der Waals surface area contributed by atoms with E-state index in [1.165, 1.54) is 12.8 Å². The highest BCUT2D eigenvalue weighted by Crippen LogP contribution is 2.25. The topological polar surface area (TPSA) is 51.0 Å². The molecule has 4 nitrogen and oxygen atoms in total. The summed E-state index contributed by atoms with van der Waals surface area (Å²) in [5.74, 6) is 2.99. The zero-order chi connectivity index (χ0) is 11.5. The molecule has 16 heavy (non-hydrogen) atoms. The van der Waals surface area contributed by atoms with E-state index in [9.17, 15) is 0 Å². The number of aromatic nitrogens is 2. The van der Waals surface area contributed by atoms with Crippen LogP contribution in [0.25, 0.3) is 0 Å². The largest absolute Gasteiger partial charge is 0.339 e. The molecule has 2 unspecified atom stereocenters. The first-order valence-corrected chi connectivity index (χ1v) is 6.22. The van der Waals surface area contributed by atoms with Gasteiger partial charge in [0.25, 0.3) is 0 Å². The minimum atomic E-state index is 0.345. The van der Waals surface area contributed by atoms with Crippen LogP contribution in [-0.4, -0.2) is 23.2 Å². The van der Waals surface area contributed by atoms with Gasteiger partial charge in [-0.25, -0.2) is 0 Å². The predicted octanol–water partition coefficient (Wildman–Crippen LogP) is 2.30. The second-order valence-corrected chi connectivity index (χ2v) is 5.07. The van der Waals surface area contributed by atoms with E-state index in [4.69, 9.17) is 4.52 Å². The summed E-state index contributed by atoms with van der Waals surface area (Å²) in [6.07, 6.45) is 2.37. The minimum Gasteiger partial charge on any atom is -0.339 e. The normalized spacial score (nSPS) is 23.6. The lowest BCUT2D eigenvalue weighted by Gasteiger charge is -2.19. The molecule has 1 aromatic rings. The highest BCUT2D eigenvalue weighted by Gasteiger charge is 2.23. The van der Waals surface area contributed by atoms with Crippen molar-refractivity contribution in [1.82, 2.24) is 15.5 Å². The molecule has 2 atom stereocenters. The molecule has 4 heteroatoms. The zero-order valence-electron chi connectivity index (χ0n) is 10.4. The Balaban J connectivity index is 2.06. The molecule has 0 spiro atoms. The summed E-state index contributed by atoms with van der Waals surface area (Å²) in [6, 6.07) is 0. The van der Waals surface area contributed by atoms with Crippen LogP contribution >= 0.6 is 0 Å². The van der Waals surface area contributed by atoms with Gasteiger partial charge in [0.1, 0.15) is 0 Å². The first-order valence-electron chi connectivity index (χ1n) is 6.22. The Morgan fingerprint density at radius 2 is 2.19 bits per heavy atom. The first kappa shape index (κ1) is 11.6. The molecule has 1 saturated heterocycles. The van der Waals surface area contributed by atoms with Gasteiger partial charge in [-0.3, -0.25) is 0 Å². The van der Waals surface area contributed by atoms with Gasteiger partial charge in [-0.1, -0.05) is 25.9 Å². The molecule has 0 bridgehead atoms. The van der Waals surface area contributed by atoms with Crippen molar-refractivity contribution in [3.63, 3.8) is 0 Å². The van der Waals surface area contributed by atoms with E-state index in [2.05, 4.69) is 36.2 Å². The zero-order valence-corrected chi connectivity index (χ0v) is 10.4. The van der Waals surface area contributed by atoms with E-state index in [0.717, 1.165) is 24.8 Å². The van der Waals surface area contributed by atoms with Crippen LogP contribution in [0.5, 0.6) is 0 Å². The van der Waals surface area contributed by atoms with Gasteiger partial charge in [0, 0.05) is 18.4 Å². The van der Waals surface area contributed by atoms with Gasteiger partial charge in [-0.2, -0.15) is 4.98 Å². The van der Waals surface area contributed by atoms with Crippen molar-refractivity contribution >= 4 is 0 Å². The second kappa shape index (κ2) is 4.95. The van der Waals surface area contributed by atoms with Crippen molar-refractivity contribution in [1.29, 1.82) is 0 Å². The summed E-state index contributed by atoms with van der Waals surface area (Å²) in [5.41, 5.74) is 0. The number of nitrogens with one attached hydrogen (secondary N) is 1. The summed E-state index contributed by atoms with van der Waals surface area (Å²) >= 11 is 0. The van der Waals surface area contributed by atoms with Crippen LogP contribution in [0, 0.1) is 5.92 Å². The second-order valence-electron chi connectivity index (χ2n) is 5.07. The average Bonchev–Trinajstić information content (AvgIpc) is 2.78. The van der Waals surface area contributed by atoms with Crippen molar-refractivity contribution in [3.8, 4) is 0 Å². The lowest BCUT2D eigenvalue weighted by molar-refractivity contribution is 0.324. The van der Waals surface area contributed by atoms with E-state index >= 15 is 0 Å². The minimum absolute atomic E-state index is 0.345. The van der Waals surface area contributed by atoms with Gasteiger partial charge in [0.2, 0.25) is 5.89 Å². The molecular weight excluding hydrogens is 202 g/mol. The lowest BCUT2D eigenvalue weighted by atomic mass is 9.97. The molecule has 0 radical (unpaired) electrons. The molecule has 0 aliphatic carbocycles. The molecule has 2 heterocycles. The van der Waals surface area contributed by atoms with Gasteiger partial charge >= 0.3 is 0 Å². The Labute approximate surface area is 96.8 Å². The summed E-state index contributed by atoms with van der Waals surface area (Å²) in [7, 11) is 0. The summed E-state index contributed by atoms with van der Waals surface area (Å²) in [6.45, 7) is 8.59. The Morgan fingerprint density at radius 3 is 2.81 bits per heavy atom. The Kier molecular flexibility index (Phi) is 3.59. The molecular formula is C12H21N3O. The highest BCUT2D eigenvalue weighted by molar-refractivity contribution is 5.01. The van der Waals surface area contributed by atoms with Gasteiger partial charge in [0.05, 0.1) is 0 Å². The van der Waals surface area contributed by atoms with Crippen LogP contribution < -0.4 is 5.32 Å². The van der Waals surface area contributed by atoms with Crippen molar-refractivity contribution in [2.24, 2.45) is 5.92 Å². The van der Waals surface area contributed by atoms with Gasteiger partial charge in [0.15, 0.2) is 5.82 Å². The number of hydrogen-bond acceptors (Lipinski definition) is 4. The van der Waals surface area contributed by atoms with Crippen molar-refractivity contribution in [2.75, 3.05) is 13.1 Å². The van der Waals surface area contributed by atoms with E-state index in [1.54, 1.807) is 0 Å². The molecule has 0 aromatic carbocycles. The van der Waals surface area contributed by atoms with Crippen molar-refractivity contribution < 1.29 is 4.52 Å². The number of rotatable bonds is 3. The van der Waals surface area contributed by atoms with Crippen LogP contribution in [0.1, 0.15) is 57.2 Å². The fourth-order valence-electron chi connectivity index (χ4n) is 1.96.